The van der Waals surface area contributed by atoms with Gasteiger partial charge in [-0.3, -0.25) is 19.3 Å². The number of aromatic nitrogens is 3. The molecule has 3 heterocycles. The predicted octanol–water partition coefficient (Wildman–Crippen LogP) is 4.38. The molecule has 1 aromatic carbocycles. The van der Waals surface area contributed by atoms with Crippen molar-refractivity contribution in [3.63, 3.8) is 0 Å². The van der Waals surface area contributed by atoms with Gasteiger partial charge in [-0.1, -0.05) is 29.3 Å². The van der Waals surface area contributed by atoms with Gasteiger partial charge < -0.3 is 0 Å². The number of hydrogen-bond acceptors (Lipinski definition) is 5. The lowest BCUT2D eigenvalue weighted by molar-refractivity contribution is 0.102. The van der Waals surface area contributed by atoms with Crippen molar-refractivity contribution in [3.8, 4) is 11.3 Å². The van der Waals surface area contributed by atoms with Crippen molar-refractivity contribution in [2.75, 3.05) is 5.32 Å². The number of pyridine rings is 1. The Morgan fingerprint density at radius 2 is 2.04 bits per heavy atom. The van der Waals surface area contributed by atoms with E-state index in [4.69, 9.17) is 23.2 Å². The van der Waals surface area contributed by atoms with Crippen LogP contribution in [0.3, 0.4) is 0 Å². The van der Waals surface area contributed by atoms with E-state index in [-0.39, 0.29) is 5.56 Å². The van der Waals surface area contributed by atoms with E-state index in [2.05, 4.69) is 15.3 Å². The number of thiazole rings is 1. The van der Waals surface area contributed by atoms with Gasteiger partial charge >= 0.3 is 0 Å². The zero-order chi connectivity index (χ0) is 19.0. The summed E-state index contributed by atoms with van der Waals surface area (Å²) in [6.45, 7) is 0. The van der Waals surface area contributed by atoms with Crippen LogP contribution in [0.15, 0.2) is 59.0 Å². The molecule has 6 nitrogen and oxygen atoms in total. The molecule has 0 atom stereocenters. The van der Waals surface area contributed by atoms with Crippen LogP contribution in [0.1, 0.15) is 10.4 Å². The molecule has 0 saturated carbocycles. The summed E-state index contributed by atoms with van der Waals surface area (Å²) in [5.74, 6) is -0.580. The lowest BCUT2D eigenvalue weighted by Crippen LogP contribution is -2.26. The molecule has 0 aliphatic carbocycles. The molecular weight excluding hydrogens is 407 g/mol. The van der Waals surface area contributed by atoms with Gasteiger partial charge in [0.1, 0.15) is 11.2 Å². The van der Waals surface area contributed by atoms with Crippen LogP contribution < -0.4 is 10.9 Å². The lowest BCUT2D eigenvalue weighted by Gasteiger charge is -2.04. The summed E-state index contributed by atoms with van der Waals surface area (Å²) in [6, 6.07) is 10.2. The lowest BCUT2D eigenvalue weighted by atomic mass is 10.2. The third-order valence-electron chi connectivity index (χ3n) is 3.79. The van der Waals surface area contributed by atoms with Gasteiger partial charge in [-0.25, -0.2) is 9.97 Å². The summed E-state index contributed by atoms with van der Waals surface area (Å²) in [5, 5.41) is 5.74. The van der Waals surface area contributed by atoms with Crippen LogP contribution in [0.25, 0.3) is 16.9 Å². The Hall–Kier alpha value is -2.74. The molecule has 3 aromatic heterocycles. The summed E-state index contributed by atoms with van der Waals surface area (Å²) >= 11 is 13.4. The standard InChI is InChI=1S/C18H10Cl2N4O2S/c19-10-4-5-13(20)11(7-10)14-9-27-18(22-14)23-16(25)12-8-21-15-3-1-2-6-24(15)17(12)26/h1-9H,(H,22,23,25). The van der Waals surface area contributed by atoms with Crippen LogP contribution >= 0.6 is 34.5 Å². The maximum absolute atomic E-state index is 12.5. The van der Waals surface area contributed by atoms with Gasteiger partial charge in [0.25, 0.3) is 11.5 Å². The molecule has 1 amide bonds. The van der Waals surface area contributed by atoms with Crippen molar-refractivity contribution in [2.45, 2.75) is 0 Å². The Morgan fingerprint density at radius 3 is 2.89 bits per heavy atom. The first-order valence-corrected chi connectivity index (χ1v) is 9.35. The van der Waals surface area contributed by atoms with Crippen LogP contribution in [0.2, 0.25) is 10.0 Å². The number of rotatable bonds is 3. The average Bonchev–Trinajstić information content (AvgIpc) is 3.12. The van der Waals surface area contributed by atoms with E-state index in [1.165, 1.54) is 21.9 Å². The Morgan fingerprint density at radius 1 is 1.19 bits per heavy atom. The average molecular weight is 417 g/mol. The Kier molecular flexibility index (Phi) is 4.65. The van der Waals surface area contributed by atoms with Crippen LogP contribution in [0, 0.1) is 0 Å². The first-order valence-electron chi connectivity index (χ1n) is 7.71. The van der Waals surface area contributed by atoms with E-state index in [9.17, 15) is 9.59 Å². The summed E-state index contributed by atoms with van der Waals surface area (Å²) in [5.41, 5.74) is 1.18. The first kappa shape index (κ1) is 17.7. The SMILES string of the molecule is O=C(Nc1nc(-c2cc(Cl)ccc2Cl)cs1)c1cnc2ccccn2c1=O. The van der Waals surface area contributed by atoms with E-state index in [1.54, 1.807) is 48.0 Å². The van der Waals surface area contributed by atoms with E-state index < -0.39 is 11.5 Å². The van der Waals surface area contributed by atoms with Crippen molar-refractivity contribution < 1.29 is 4.79 Å². The molecule has 0 fully saturated rings. The van der Waals surface area contributed by atoms with E-state index in [0.717, 1.165) is 0 Å². The van der Waals surface area contributed by atoms with Gasteiger partial charge in [-0.15, -0.1) is 11.3 Å². The minimum atomic E-state index is -0.580. The largest absolute Gasteiger partial charge is 0.298 e. The van der Waals surface area contributed by atoms with Gasteiger partial charge in [-0.2, -0.15) is 0 Å². The Balaban J connectivity index is 1.63. The third kappa shape index (κ3) is 3.44. The van der Waals surface area contributed by atoms with Crippen molar-refractivity contribution in [1.82, 2.24) is 14.4 Å². The van der Waals surface area contributed by atoms with Crippen LogP contribution in [0.4, 0.5) is 5.13 Å². The molecule has 4 aromatic rings. The topological polar surface area (TPSA) is 76.4 Å². The maximum Gasteiger partial charge on any atom is 0.270 e. The zero-order valence-corrected chi connectivity index (χ0v) is 15.8. The summed E-state index contributed by atoms with van der Waals surface area (Å²) < 4.78 is 1.31. The van der Waals surface area contributed by atoms with Crippen LogP contribution in [-0.2, 0) is 0 Å². The number of anilines is 1. The highest BCUT2D eigenvalue weighted by atomic mass is 35.5. The molecule has 9 heteroatoms. The number of benzene rings is 1. The fraction of sp³-hybridized carbons (Fsp3) is 0. The highest BCUT2D eigenvalue weighted by molar-refractivity contribution is 7.14. The van der Waals surface area contributed by atoms with E-state index in [0.29, 0.717) is 32.1 Å². The molecule has 27 heavy (non-hydrogen) atoms. The van der Waals surface area contributed by atoms with Gasteiger partial charge in [0.05, 0.1) is 10.7 Å². The number of amides is 1. The molecule has 1 N–H and O–H groups in total. The molecule has 0 saturated heterocycles. The summed E-state index contributed by atoms with van der Waals surface area (Å²) in [7, 11) is 0. The van der Waals surface area contributed by atoms with Gasteiger partial charge in [0.2, 0.25) is 0 Å². The molecule has 0 unspecified atom stereocenters. The van der Waals surface area contributed by atoms with Gasteiger partial charge in [-0.05, 0) is 30.3 Å². The predicted molar refractivity (Wildman–Crippen MR) is 107 cm³/mol. The highest BCUT2D eigenvalue weighted by Crippen LogP contribution is 2.32. The van der Waals surface area contributed by atoms with Crippen molar-refractivity contribution in [2.24, 2.45) is 0 Å². The number of nitrogens with zero attached hydrogens (tertiary/aromatic N) is 3. The van der Waals surface area contributed by atoms with E-state index >= 15 is 0 Å². The maximum atomic E-state index is 12.5. The third-order valence-corrected chi connectivity index (χ3v) is 5.11. The van der Waals surface area contributed by atoms with Gasteiger partial charge in [0.15, 0.2) is 5.13 Å². The molecule has 0 spiro atoms. The second-order valence-corrected chi connectivity index (χ2v) is 7.22. The molecule has 0 bridgehead atoms. The molecule has 134 valence electrons. The second kappa shape index (κ2) is 7.11. The van der Waals surface area contributed by atoms with E-state index in [1.807, 2.05) is 0 Å². The summed E-state index contributed by atoms with van der Waals surface area (Å²) in [4.78, 5) is 33.5. The molecule has 4 rings (SSSR count). The number of fused-ring (bicyclic) bond motifs is 1. The number of carbonyl (C=O) groups is 1. The van der Waals surface area contributed by atoms with Crippen molar-refractivity contribution in [3.05, 3.63) is 80.1 Å². The zero-order valence-electron chi connectivity index (χ0n) is 13.5. The first-order chi connectivity index (χ1) is 13.0. The minimum Gasteiger partial charge on any atom is -0.298 e. The normalized spacial score (nSPS) is 10.9. The minimum absolute atomic E-state index is 0.0729. The Labute approximate surface area is 167 Å². The molecule has 0 aliphatic rings. The summed E-state index contributed by atoms with van der Waals surface area (Å²) in [6.07, 6.45) is 2.82. The molecule has 0 radical (unpaired) electrons. The smallest absolute Gasteiger partial charge is 0.270 e. The fourth-order valence-corrected chi connectivity index (χ4v) is 3.59. The van der Waals surface area contributed by atoms with Crippen molar-refractivity contribution in [1.29, 1.82) is 0 Å². The van der Waals surface area contributed by atoms with Crippen molar-refractivity contribution >= 4 is 51.2 Å². The number of halogens is 2. The van der Waals surface area contributed by atoms with Gasteiger partial charge in [0, 0.05) is 28.4 Å². The number of carbonyl (C=O) groups excluding carboxylic acids is 1. The monoisotopic (exact) mass is 416 g/mol. The number of nitrogens with one attached hydrogen (secondary N) is 1. The highest BCUT2D eigenvalue weighted by Gasteiger charge is 2.16. The molecular formula is C18H10Cl2N4O2S. The van der Waals surface area contributed by atoms with Crippen LogP contribution in [0.5, 0.6) is 0 Å². The molecule has 0 aliphatic heterocycles. The fourth-order valence-electron chi connectivity index (χ4n) is 2.50. The second-order valence-electron chi connectivity index (χ2n) is 5.52. The quantitative estimate of drug-likeness (QED) is 0.537. The number of hydrogen-bond donors (Lipinski definition) is 1. The van der Waals surface area contributed by atoms with Crippen LogP contribution in [-0.4, -0.2) is 20.3 Å². The Bertz CT molecular complexity index is 1240.